The number of carbonyl (C=O) groups is 1. The number of aryl methyl sites for hydroxylation is 1. The van der Waals surface area contributed by atoms with E-state index in [2.05, 4.69) is 10.6 Å². The van der Waals surface area contributed by atoms with Crippen LogP contribution in [0, 0.1) is 12.3 Å². The minimum absolute atomic E-state index is 0.0298. The van der Waals surface area contributed by atoms with Gasteiger partial charge < -0.3 is 9.15 Å². The summed E-state index contributed by atoms with van der Waals surface area (Å²) in [7, 11) is -3.86. The van der Waals surface area contributed by atoms with Crippen LogP contribution in [-0.4, -0.2) is 20.9 Å². The van der Waals surface area contributed by atoms with Crippen molar-refractivity contribution < 1.29 is 22.4 Å². The summed E-state index contributed by atoms with van der Waals surface area (Å²) in [5, 5.41) is 1.05. The summed E-state index contributed by atoms with van der Waals surface area (Å²) in [5.74, 6) is 1.42. The molecule has 0 saturated carbocycles. The third kappa shape index (κ3) is 5.14. The van der Waals surface area contributed by atoms with Crippen LogP contribution in [-0.2, 0) is 27.8 Å². The molecule has 0 atom stereocenters. The predicted molar refractivity (Wildman–Crippen MR) is 116 cm³/mol. The molecule has 0 aliphatic heterocycles. The number of carbonyl (C=O) groups excluding carboxylic acids is 1. The maximum atomic E-state index is 12.5. The van der Waals surface area contributed by atoms with E-state index in [4.69, 9.17) is 27.2 Å². The highest BCUT2D eigenvalue weighted by atomic mass is 35.5. The molecule has 2 aromatic carbocycles. The standard InChI is InChI=1S/C22H18ClNO6S/c1-3-8-24-31(27,28)17-7-5-6-15(9-17)22(26)29-13-16-11-21(25)30-20-10-14(4-2)19(23)12-18(16)20/h1,5-7,9-12,24H,4,8,13H2,2H3. The van der Waals surface area contributed by atoms with E-state index < -0.39 is 21.6 Å². The lowest BCUT2D eigenvalue weighted by atomic mass is 10.1. The van der Waals surface area contributed by atoms with Crippen LogP contribution in [0.4, 0.5) is 0 Å². The van der Waals surface area contributed by atoms with E-state index in [1.807, 2.05) is 6.92 Å². The van der Waals surface area contributed by atoms with Crippen LogP contribution in [0.15, 0.2) is 56.6 Å². The summed E-state index contributed by atoms with van der Waals surface area (Å²) >= 11 is 6.27. The molecule has 1 heterocycles. The van der Waals surface area contributed by atoms with Gasteiger partial charge in [-0.05, 0) is 42.3 Å². The zero-order valence-corrected chi connectivity index (χ0v) is 18.0. The number of rotatable bonds is 7. The molecule has 0 fully saturated rings. The smallest absolute Gasteiger partial charge is 0.338 e. The molecule has 31 heavy (non-hydrogen) atoms. The summed E-state index contributed by atoms with van der Waals surface area (Å²) < 4.78 is 37.2. The van der Waals surface area contributed by atoms with Crippen LogP contribution < -0.4 is 10.3 Å². The Labute approximate surface area is 184 Å². The normalized spacial score (nSPS) is 11.3. The van der Waals surface area contributed by atoms with Gasteiger partial charge in [0.1, 0.15) is 12.2 Å². The highest BCUT2D eigenvalue weighted by Gasteiger charge is 2.17. The van der Waals surface area contributed by atoms with Crippen molar-refractivity contribution in [1.82, 2.24) is 4.72 Å². The number of nitrogens with one attached hydrogen (secondary N) is 1. The van der Waals surface area contributed by atoms with E-state index in [-0.39, 0.29) is 23.6 Å². The van der Waals surface area contributed by atoms with Gasteiger partial charge in [-0.15, -0.1) is 6.42 Å². The molecule has 0 bridgehead atoms. The SMILES string of the molecule is C#CCNS(=O)(=O)c1cccc(C(=O)OCc2cc(=O)oc3cc(CC)c(Cl)cc23)c1. The van der Waals surface area contributed by atoms with E-state index in [1.165, 1.54) is 30.3 Å². The van der Waals surface area contributed by atoms with Gasteiger partial charge in [0.2, 0.25) is 10.0 Å². The van der Waals surface area contributed by atoms with Gasteiger partial charge in [0.05, 0.1) is 17.0 Å². The fraction of sp³-hybridized carbons (Fsp3) is 0.182. The molecule has 3 aromatic rings. The Bertz CT molecular complexity index is 1350. The number of terminal acetylenes is 1. The van der Waals surface area contributed by atoms with Gasteiger partial charge in [-0.1, -0.05) is 30.5 Å². The zero-order chi connectivity index (χ0) is 22.6. The van der Waals surface area contributed by atoms with Crippen molar-refractivity contribution in [2.75, 3.05) is 6.54 Å². The van der Waals surface area contributed by atoms with E-state index in [0.717, 1.165) is 5.56 Å². The van der Waals surface area contributed by atoms with Gasteiger partial charge in [0.25, 0.3) is 0 Å². The number of benzene rings is 2. The molecular formula is C22H18ClNO6S. The first-order valence-electron chi connectivity index (χ1n) is 9.20. The van der Waals surface area contributed by atoms with Crippen molar-refractivity contribution >= 4 is 38.6 Å². The number of hydrogen-bond donors (Lipinski definition) is 1. The van der Waals surface area contributed by atoms with Crippen molar-refractivity contribution in [1.29, 1.82) is 0 Å². The predicted octanol–water partition coefficient (Wildman–Crippen LogP) is 3.28. The second-order valence-corrected chi connectivity index (χ2v) is 8.69. The average Bonchev–Trinajstić information content (AvgIpc) is 2.75. The molecule has 3 rings (SSSR count). The van der Waals surface area contributed by atoms with Crippen LogP contribution >= 0.6 is 11.6 Å². The highest BCUT2D eigenvalue weighted by Crippen LogP contribution is 2.26. The monoisotopic (exact) mass is 459 g/mol. The number of fused-ring (bicyclic) bond motifs is 1. The Balaban J connectivity index is 1.85. The number of sulfonamides is 1. The minimum atomic E-state index is -3.86. The quantitative estimate of drug-likeness (QED) is 0.330. The fourth-order valence-electron chi connectivity index (χ4n) is 2.92. The van der Waals surface area contributed by atoms with Gasteiger partial charge in [-0.3, -0.25) is 0 Å². The Kier molecular flexibility index (Phi) is 6.81. The molecule has 1 aromatic heterocycles. The lowest BCUT2D eigenvalue weighted by molar-refractivity contribution is 0.0473. The van der Waals surface area contributed by atoms with Gasteiger partial charge in [0.15, 0.2) is 0 Å². The maximum Gasteiger partial charge on any atom is 0.338 e. The van der Waals surface area contributed by atoms with Crippen LogP contribution in [0.25, 0.3) is 11.0 Å². The minimum Gasteiger partial charge on any atom is -0.457 e. The largest absolute Gasteiger partial charge is 0.457 e. The molecule has 160 valence electrons. The van der Waals surface area contributed by atoms with Crippen molar-refractivity contribution in [2.45, 2.75) is 24.8 Å². The van der Waals surface area contributed by atoms with Gasteiger partial charge >= 0.3 is 11.6 Å². The van der Waals surface area contributed by atoms with E-state index in [1.54, 1.807) is 12.1 Å². The molecule has 0 saturated heterocycles. The molecule has 7 nitrogen and oxygen atoms in total. The van der Waals surface area contributed by atoms with E-state index in [9.17, 15) is 18.0 Å². The second kappa shape index (κ2) is 9.35. The zero-order valence-electron chi connectivity index (χ0n) is 16.5. The number of esters is 1. The number of ether oxygens (including phenoxy) is 1. The van der Waals surface area contributed by atoms with Gasteiger partial charge in [-0.25, -0.2) is 18.0 Å². The highest BCUT2D eigenvalue weighted by molar-refractivity contribution is 7.89. The lowest BCUT2D eigenvalue weighted by Crippen LogP contribution is -2.24. The molecule has 0 unspecified atom stereocenters. The molecule has 0 aliphatic carbocycles. The molecule has 0 aliphatic rings. The molecule has 0 spiro atoms. The summed E-state index contributed by atoms with van der Waals surface area (Å²) in [6.07, 6.45) is 5.73. The first-order valence-corrected chi connectivity index (χ1v) is 11.1. The van der Waals surface area contributed by atoms with Gasteiger partial charge in [-0.2, -0.15) is 4.72 Å². The molecule has 1 N–H and O–H groups in total. The van der Waals surface area contributed by atoms with Crippen LogP contribution in [0.5, 0.6) is 0 Å². The lowest BCUT2D eigenvalue weighted by Gasteiger charge is -2.10. The number of halogens is 1. The maximum absolute atomic E-state index is 12.5. The second-order valence-electron chi connectivity index (χ2n) is 6.52. The van der Waals surface area contributed by atoms with Crippen LogP contribution in [0.3, 0.4) is 0 Å². The van der Waals surface area contributed by atoms with E-state index in [0.29, 0.717) is 28.0 Å². The summed E-state index contributed by atoms with van der Waals surface area (Å²) in [4.78, 5) is 24.3. The van der Waals surface area contributed by atoms with Crippen molar-refractivity contribution in [3.8, 4) is 12.3 Å². The number of hydrogen-bond acceptors (Lipinski definition) is 6. The Morgan fingerprint density at radius 2 is 2.00 bits per heavy atom. The summed E-state index contributed by atoms with van der Waals surface area (Å²) in [6, 6.07) is 9.92. The van der Waals surface area contributed by atoms with Crippen molar-refractivity contribution in [3.63, 3.8) is 0 Å². The van der Waals surface area contributed by atoms with Crippen LogP contribution in [0.2, 0.25) is 5.02 Å². The van der Waals surface area contributed by atoms with Crippen molar-refractivity contribution in [2.24, 2.45) is 0 Å². The van der Waals surface area contributed by atoms with Crippen molar-refractivity contribution in [3.05, 3.63) is 74.6 Å². The van der Waals surface area contributed by atoms with Gasteiger partial charge in [0, 0.05) is 22.0 Å². The summed E-state index contributed by atoms with van der Waals surface area (Å²) in [6.45, 7) is 1.52. The van der Waals surface area contributed by atoms with Crippen LogP contribution in [0.1, 0.15) is 28.4 Å². The average molecular weight is 460 g/mol. The first-order chi connectivity index (χ1) is 14.7. The molecule has 0 amide bonds. The molecular weight excluding hydrogens is 442 g/mol. The molecule has 0 radical (unpaired) electrons. The fourth-order valence-corrected chi connectivity index (χ4v) is 4.19. The first kappa shape index (κ1) is 22.6. The Morgan fingerprint density at radius 1 is 1.23 bits per heavy atom. The Hall–Kier alpha value is -3.12. The van der Waals surface area contributed by atoms with E-state index >= 15 is 0 Å². The summed E-state index contributed by atoms with van der Waals surface area (Å²) in [5.41, 5.74) is 1.02. The molecule has 9 heteroatoms. The Morgan fingerprint density at radius 3 is 2.71 bits per heavy atom. The third-order valence-electron chi connectivity index (χ3n) is 4.48. The third-order valence-corrected chi connectivity index (χ3v) is 6.23. The topological polar surface area (TPSA) is 103 Å².